The summed E-state index contributed by atoms with van der Waals surface area (Å²) in [6.07, 6.45) is 1.00. The van der Waals surface area contributed by atoms with Gasteiger partial charge in [-0.3, -0.25) is 9.69 Å². The second kappa shape index (κ2) is 6.60. The molecule has 1 amide bonds. The molecule has 112 valence electrons. The summed E-state index contributed by atoms with van der Waals surface area (Å²) >= 11 is 7.00. The van der Waals surface area contributed by atoms with Crippen molar-refractivity contribution in [3.05, 3.63) is 42.7 Å². The molecule has 0 aliphatic carbocycles. The van der Waals surface area contributed by atoms with Crippen LogP contribution in [0.3, 0.4) is 0 Å². The minimum Gasteiger partial charge on any atom is -0.337 e. The minimum atomic E-state index is 0.227. The van der Waals surface area contributed by atoms with E-state index in [9.17, 15) is 4.79 Å². The number of fused-ring (bicyclic) bond motifs is 1. The zero-order valence-electron chi connectivity index (χ0n) is 11.8. The van der Waals surface area contributed by atoms with Gasteiger partial charge in [0.1, 0.15) is 0 Å². The molecular weight excluding hydrogens is 368 g/mol. The smallest absolute Gasteiger partial charge is 0.237 e. The molecule has 1 aliphatic rings. The third kappa shape index (κ3) is 3.74. The lowest BCUT2D eigenvalue weighted by Gasteiger charge is -2.28. The Labute approximate surface area is 141 Å². The minimum absolute atomic E-state index is 0.227. The van der Waals surface area contributed by atoms with Crippen molar-refractivity contribution in [2.75, 3.05) is 20.1 Å². The van der Waals surface area contributed by atoms with Crippen LogP contribution in [0, 0.1) is 0 Å². The van der Waals surface area contributed by atoms with E-state index in [1.54, 1.807) is 22.7 Å². The van der Waals surface area contributed by atoms with Gasteiger partial charge in [0.15, 0.2) is 0 Å². The van der Waals surface area contributed by atoms with E-state index in [4.69, 9.17) is 0 Å². The quantitative estimate of drug-likeness (QED) is 0.803. The Morgan fingerprint density at radius 1 is 1.43 bits per heavy atom. The number of likely N-dealkylation sites (N-methyl/N-ethyl adjacent to an activating group) is 1. The molecule has 0 radical (unpaired) electrons. The van der Waals surface area contributed by atoms with Crippen molar-refractivity contribution < 1.29 is 4.79 Å². The standard InChI is InChI=1S/C15H17BrN2OS2/c1-17(9-12-2-3-14(16)21-12)10-15(19)18-6-4-13-11(8-18)5-7-20-13/h2-3,5,7H,4,6,8-10H2,1H3. The number of nitrogens with zero attached hydrogens (tertiary/aromatic N) is 2. The third-order valence-corrected chi connectivity index (χ3v) is 6.25. The average Bonchev–Trinajstić information content (AvgIpc) is 3.06. The van der Waals surface area contributed by atoms with E-state index in [1.807, 2.05) is 11.9 Å². The highest BCUT2D eigenvalue weighted by Gasteiger charge is 2.22. The lowest BCUT2D eigenvalue weighted by atomic mass is 10.1. The van der Waals surface area contributed by atoms with Crippen molar-refractivity contribution >= 4 is 44.5 Å². The van der Waals surface area contributed by atoms with Crippen molar-refractivity contribution in [2.45, 2.75) is 19.5 Å². The van der Waals surface area contributed by atoms with Crippen LogP contribution in [0.15, 0.2) is 27.4 Å². The van der Waals surface area contributed by atoms with E-state index in [0.29, 0.717) is 6.54 Å². The molecule has 0 atom stereocenters. The van der Waals surface area contributed by atoms with Crippen LogP contribution in [0.2, 0.25) is 0 Å². The Kier molecular flexibility index (Phi) is 4.78. The molecule has 21 heavy (non-hydrogen) atoms. The lowest BCUT2D eigenvalue weighted by Crippen LogP contribution is -2.41. The highest BCUT2D eigenvalue weighted by atomic mass is 79.9. The van der Waals surface area contributed by atoms with Gasteiger partial charge in [0.25, 0.3) is 0 Å². The molecule has 0 unspecified atom stereocenters. The molecule has 3 heterocycles. The molecule has 0 fully saturated rings. The first-order chi connectivity index (χ1) is 10.1. The maximum Gasteiger partial charge on any atom is 0.237 e. The number of carbonyl (C=O) groups is 1. The number of carbonyl (C=O) groups excluding carboxylic acids is 1. The topological polar surface area (TPSA) is 23.6 Å². The summed E-state index contributed by atoms with van der Waals surface area (Å²) < 4.78 is 1.14. The highest BCUT2D eigenvalue weighted by Crippen LogP contribution is 2.25. The summed E-state index contributed by atoms with van der Waals surface area (Å²) in [6.45, 7) is 2.93. The Balaban J connectivity index is 1.54. The number of thiophene rings is 2. The van der Waals surface area contributed by atoms with Gasteiger partial charge in [-0.05, 0) is 58.5 Å². The van der Waals surface area contributed by atoms with Crippen molar-refractivity contribution in [3.63, 3.8) is 0 Å². The van der Waals surface area contributed by atoms with Crippen LogP contribution >= 0.6 is 38.6 Å². The number of halogens is 1. The molecule has 1 aliphatic heterocycles. The molecule has 0 saturated carbocycles. The molecular formula is C15H17BrN2OS2. The average molecular weight is 385 g/mol. The fourth-order valence-electron chi connectivity index (χ4n) is 2.55. The monoisotopic (exact) mass is 384 g/mol. The highest BCUT2D eigenvalue weighted by molar-refractivity contribution is 9.11. The van der Waals surface area contributed by atoms with Crippen molar-refractivity contribution in [1.82, 2.24) is 9.80 Å². The van der Waals surface area contributed by atoms with Gasteiger partial charge in [-0.15, -0.1) is 22.7 Å². The predicted molar refractivity (Wildman–Crippen MR) is 91.8 cm³/mol. The third-order valence-electron chi connectivity index (χ3n) is 3.62. The Hall–Kier alpha value is -0.690. The van der Waals surface area contributed by atoms with Gasteiger partial charge in [0.05, 0.1) is 10.3 Å². The van der Waals surface area contributed by atoms with Crippen molar-refractivity contribution in [2.24, 2.45) is 0 Å². The fraction of sp³-hybridized carbons (Fsp3) is 0.400. The van der Waals surface area contributed by atoms with Crippen molar-refractivity contribution in [1.29, 1.82) is 0 Å². The lowest BCUT2D eigenvalue weighted by molar-refractivity contribution is -0.133. The first-order valence-corrected chi connectivity index (χ1v) is 9.36. The van der Waals surface area contributed by atoms with Gasteiger partial charge in [0, 0.05) is 29.4 Å². The molecule has 0 aromatic carbocycles. The van der Waals surface area contributed by atoms with Gasteiger partial charge >= 0.3 is 0 Å². The summed E-state index contributed by atoms with van der Waals surface area (Å²) in [5, 5.41) is 2.12. The summed E-state index contributed by atoms with van der Waals surface area (Å²) in [5.74, 6) is 0.227. The summed E-state index contributed by atoms with van der Waals surface area (Å²) in [7, 11) is 2.01. The summed E-state index contributed by atoms with van der Waals surface area (Å²) in [4.78, 5) is 19.2. The largest absolute Gasteiger partial charge is 0.337 e. The molecule has 3 nitrogen and oxygen atoms in total. The second-order valence-electron chi connectivity index (χ2n) is 5.31. The van der Waals surface area contributed by atoms with E-state index in [-0.39, 0.29) is 5.91 Å². The first kappa shape index (κ1) is 15.2. The van der Waals surface area contributed by atoms with Crippen LogP contribution in [0.5, 0.6) is 0 Å². The molecule has 2 aromatic rings. The Bertz CT molecular complexity index is 637. The van der Waals surface area contributed by atoms with Crippen LogP contribution in [0.4, 0.5) is 0 Å². The molecule has 0 bridgehead atoms. The zero-order chi connectivity index (χ0) is 14.8. The van der Waals surface area contributed by atoms with E-state index in [0.717, 1.165) is 29.8 Å². The van der Waals surface area contributed by atoms with Crippen LogP contribution in [0.1, 0.15) is 15.3 Å². The molecule has 6 heteroatoms. The van der Waals surface area contributed by atoms with Gasteiger partial charge < -0.3 is 4.90 Å². The maximum absolute atomic E-state index is 12.4. The Morgan fingerprint density at radius 3 is 3.05 bits per heavy atom. The molecule has 3 rings (SSSR count). The van der Waals surface area contributed by atoms with Crippen molar-refractivity contribution in [3.8, 4) is 0 Å². The van der Waals surface area contributed by atoms with Gasteiger partial charge in [-0.25, -0.2) is 0 Å². The van der Waals surface area contributed by atoms with E-state index in [2.05, 4.69) is 44.4 Å². The predicted octanol–water partition coefficient (Wildman–Crippen LogP) is 3.59. The van der Waals surface area contributed by atoms with E-state index >= 15 is 0 Å². The molecule has 2 aromatic heterocycles. The number of hydrogen-bond acceptors (Lipinski definition) is 4. The SMILES string of the molecule is CN(CC(=O)N1CCc2sccc2C1)Cc1ccc(Br)s1. The van der Waals surface area contributed by atoms with E-state index in [1.165, 1.54) is 15.3 Å². The molecule has 0 spiro atoms. The normalized spacial score (nSPS) is 14.5. The van der Waals surface area contributed by atoms with E-state index < -0.39 is 0 Å². The maximum atomic E-state index is 12.4. The first-order valence-electron chi connectivity index (χ1n) is 6.87. The second-order valence-corrected chi connectivity index (χ2v) is 8.86. The molecule has 0 saturated heterocycles. The number of rotatable bonds is 4. The molecule has 0 N–H and O–H groups in total. The summed E-state index contributed by atoms with van der Waals surface area (Å²) in [5.41, 5.74) is 1.32. The van der Waals surface area contributed by atoms with Crippen LogP contribution in [-0.4, -0.2) is 35.8 Å². The van der Waals surface area contributed by atoms with Crippen LogP contribution in [-0.2, 0) is 24.3 Å². The fourth-order valence-corrected chi connectivity index (χ4v) is 5.00. The van der Waals surface area contributed by atoms with Gasteiger partial charge in [-0.1, -0.05) is 0 Å². The zero-order valence-corrected chi connectivity index (χ0v) is 15.1. The van der Waals surface area contributed by atoms with Crippen LogP contribution in [0.25, 0.3) is 0 Å². The van der Waals surface area contributed by atoms with Crippen LogP contribution < -0.4 is 0 Å². The van der Waals surface area contributed by atoms with Gasteiger partial charge in [0.2, 0.25) is 5.91 Å². The number of hydrogen-bond donors (Lipinski definition) is 0. The summed E-state index contributed by atoms with van der Waals surface area (Å²) in [6, 6.07) is 6.30. The van der Waals surface area contributed by atoms with Gasteiger partial charge in [-0.2, -0.15) is 0 Å². The Morgan fingerprint density at radius 2 is 2.29 bits per heavy atom. The number of amides is 1.